The molecule has 0 bridgehead atoms. The van der Waals surface area contributed by atoms with E-state index in [-0.39, 0.29) is 11.6 Å². The van der Waals surface area contributed by atoms with Gasteiger partial charge < -0.3 is 10.8 Å². The van der Waals surface area contributed by atoms with E-state index in [9.17, 15) is 4.79 Å². The van der Waals surface area contributed by atoms with Crippen molar-refractivity contribution in [2.24, 2.45) is 5.73 Å². The van der Waals surface area contributed by atoms with Crippen molar-refractivity contribution in [1.82, 2.24) is 10.2 Å². The highest BCUT2D eigenvalue weighted by Gasteiger charge is 2.18. The molecule has 1 atom stereocenters. The van der Waals surface area contributed by atoms with Gasteiger partial charge in [-0.05, 0) is 13.8 Å². The van der Waals surface area contributed by atoms with Gasteiger partial charge in [0.1, 0.15) is 5.56 Å². The quantitative estimate of drug-likeness (QED) is 0.598. The Bertz CT molecular complexity index is 304. The van der Waals surface area contributed by atoms with Crippen molar-refractivity contribution in [3.63, 3.8) is 0 Å². The second kappa shape index (κ2) is 2.94. The van der Waals surface area contributed by atoms with E-state index in [4.69, 9.17) is 10.8 Å². The van der Waals surface area contributed by atoms with Crippen molar-refractivity contribution in [3.8, 4) is 0 Å². The standard InChI is InChI=1S/C7H11N3O2/c1-3(8)6-5(7(11)12)4(2)9-10-6/h3H,8H2,1-2H3,(H,9,10)(H,11,12). The molecule has 1 aromatic heterocycles. The molecule has 1 unspecified atom stereocenters. The molecule has 0 aromatic carbocycles. The number of carbonyl (C=O) groups is 1. The van der Waals surface area contributed by atoms with Crippen LogP contribution in [0.4, 0.5) is 0 Å². The molecule has 0 fully saturated rings. The molecule has 4 N–H and O–H groups in total. The fourth-order valence-electron chi connectivity index (χ4n) is 1.05. The third-order valence-corrected chi connectivity index (χ3v) is 1.62. The summed E-state index contributed by atoms with van der Waals surface area (Å²) in [5.41, 5.74) is 6.64. The van der Waals surface area contributed by atoms with Crippen LogP contribution in [0.1, 0.15) is 34.7 Å². The topological polar surface area (TPSA) is 92.0 Å². The number of nitrogens with zero attached hydrogens (tertiary/aromatic N) is 1. The monoisotopic (exact) mass is 169 g/mol. The van der Waals surface area contributed by atoms with Crippen molar-refractivity contribution < 1.29 is 9.90 Å². The van der Waals surface area contributed by atoms with Crippen LogP contribution in [0.2, 0.25) is 0 Å². The number of nitrogens with one attached hydrogen (secondary N) is 1. The minimum atomic E-state index is -0.992. The summed E-state index contributed by atoms with van der Waals surface area (Å²) in [5.74, 6) is -0.992. The molecule has 0 amide bonds. The van der Waals surface area contributed by atoms with E-state index in [1.54, 1.807) is 13.8 Å². The highest BCUT2D eigenvalue weighted by atomic mass is 16.4. The summed E-state index contributed by atoms with van der Waals surface area (Å²) in [4.78, 5) is 10.7. The maximum Gasteiger partial charge on any atom is 0.339 e. The van der Waals surface area contributed by atoms with E-state index >= 15 is 0 Å². The third-order valence-electron chi connectivity index (χ3n) is 1.62. The molecule has 1 heterocycles. The second-order valence-corrected chi connectivity index (χ2v) is 2.70. The first kappa shape index (κ1) is 8.73. The average molecular weight is 169 g/mol. The molecule has 0 saturated heterocycles. The van der Waals surface area contributed by atoms with Gasteiger partial charge >= 0.3 is 5.97 Å². The van der Waals surface area contributed by atoms with E-state index in [1.165, 1.54) is 0 Å². The first-order chi connectivity index (χ1) is 5.54. The lowest BCUT2D eigenvalue weighted by Gasteiger charge is -2.01. The molecule has 5 nitrogen and oxygen atoms in total. The molecule has 0 radical (unpaired) electrons. The minimum absolute atomic E-state index is 0.185. The van der Waals surface area contributed by atoms with Gasteiger partial charge in [-0.25, -0.2) is 4.79 Å². The van der Waals surface area contributed by atoms with Crippen LogP contribution in [0.15, 0.2) is 0 Å². The number of H-pyrrole nitrogens is 1. The Morgan fingerprint density at radius 1 is 1.75 bits per heavy atom. The largest absolute Gasteiger partial charge is 0.478 e. The number of carboxylic acid groups (broad SMARTS) is 1. The van der Waals surface area contributed by atoms with Gasteiger partial charge in [-0.3, -0.25) is 5.10 Å². The molecule has 0 spiro atoms. The molecule has 0 aliphatic carbocycles. The number of aromatic nitrogens is 2. The predicted molar refractivity (Wildman–Crippen MR) is 42.9 cm³/mol. The van der Waals surface area contributed by atoms with Crippen molar-refractivity contribution in [1.29, 1.82) is 0 Å². The summed E-state index contributed by atoms with van der Waals surface area (Å²) in [6.07, 6.45) is 0. The third kappa shape index (κ3) is 1.31. The Balaban J connectivity index is 3.21. The number of hydrogen-bond donors (Lipinski definition) is 3. The van der Waals surface area contributed by atoms with Crippen LogP contribution >= 0.6 is 0 Å². The molecule has 0 aliphatic rings. The Labute approximate surface area is 69.6 Å². The van der Waals surface area contributed by atoms with Crippen LogP contribution in [-0.2, 0) is 0 Å². The average Bonchev–Trinajstić information content (AvgIpc) is 2.30. The maximum atomic E-state index is 10.7. The van der Waals surface area contributed by atoms with Crippen LogP contribution in [0.5, 0.6) is 0 Å². The Kier molecular flexibility index (Phi) is 2.14. The fourth-order valence-corrected chi connectivity index (χ4v) is 1.05. The van der Waals surface area contributed by atoms with Crippen molar-refractivity contribution >= 4 is 5.97 Å². The zero-order valence-corrected chi connectivity index (χ0v) is 6.96. The van der Waals surface area contributed by atoms with Gasteiger partial charge in [0.15, 0.2) is 0 Å². The first-order valence-corrected chi connectivity index (χ1v) is 3.57. The molecule has 66 valence electrons. The van der Waals surface area contributed by atoms with Gasteiger partial charge in [0.05, 0.1) is 5.69 Å². The summed E-state index contributed by atoms with van der Waals surface area (Å²) in [6.45, 7) is 3.35. The van der Waals surface area contributed by atoms with Crippen LogP contribution in [-0.4, -0.2) is 21.3 Å². The normalized spacial score (nSPS) is 12.9. The van der Waals surface area contributed by atoms with Gasteiger partial charge in [0.25, 0.3) is 0 Å². The lowest BCUT2D eigenvalue weighted by molar-refractivity contribution is 0.0694. The zero-order valence-electron chi connectivity index (χ0n) is 6.96. The van der Waals surface area contributed by atoms with Crippen molar-refractivity contribution in [2.45, 2.75) is 19.9 Å². The van der Waals surface area contributed by atoms with Crippen LogP contribution < -0.4 is 5.73 Å². The van der Waals surface area contributed by atoms with Crippen LogP contribution in [0.25, 0.3) is 0 Å². The number of aromatic carboxylic acids is 1. The minimum Gasteiger partial charge on any atom is -0.478 e. The molecule has 0 aliphatic heterocycles. The predicted octanol–water partition coefficient (Wildman–Crippen LogP) is 0.436. The summed E-state index contributed by atoms with van der Waals surface area (Å²) < 4.78 is 0. The molecular formula is C7H11N3O2. The van der Waals surface area contributed by atoms with E-state index in [2.05, 4.69) is 10.2 Å². The Morgan fingerprint density at radius 2 is 2.33 bits per heavy atom. The van der Waals surface area contributed by atoms with Crippen molar-refractivity contribution in [3.05, 3.63) is 17.0 Å². The van der Waals surface area contributed by atoms with E-state index in [1.807, 2.05) is 0 Å². The number of nitrogens with two attached hydrogens (primary N) is 1. The van der Waals surface area contributed by atoms with Gasteiger partial charge in [-0.2, -0.15) is 5.10 Å². The van der Waals surface area contributed by atoms with Gasteiger partial charge in [0.2, 0.25) is 0 Å². The second-order valence-electron chi connectivity index (χ2n) is 2.70. The summed E-state index contributed by atoms with van der Waals surface area (Å²) in [7, 11) is 0. The summed E-state index contributed by atoms with van der Waals surface area (Å²) in [5, 5.41) is 15.2. The highest BCUT2D eigenvalue weighted by molar-refractivity contribution is 5.90. The molecule has 12 heavy (non-hydrogen) atoms. The highest BCUT2D eigenvalue weighted by Crippen LogP contribution is 2.15. The summed E-state index contributed by atoms with van der Waals surface area (Å²) >= 11 is 0. The smallest absolute Gasteiger partial charge is 0.339 e. The molecule has 1 aromatic rings. The first-order valence-electron chi connectivity index (χ1n) is 3.57. The van der Waals surface area contributed by atoms with E-state index in [0.29, 0.717) is 11.4 Å². The number of aromatic amines is 1. The van der Waals surface area contributed by atoms with Crippen LogP contribution in [0.3, 0.4) is 0 Å². The van der Waals surface area contributed by atoms with Gasteiger partial charge in [-0.15, -0.1) is 0 Å². The molecule has 0 saturated carbocycles. The number of carboxylic acids is 1. The lowest BCUT2D eigenvalue weighted by Crippen LogP contribution is -2.11. The Hall–Kier alpha value is -1.36. The van der Waals surface area contributed by atoms with Crippen molar-refractivity contribution in [2.75, 3.05) is 0 Å². The SMILES string of the molecule is Cc1[nH]nc(C(C)N)c1C(=O)O. The van der Waals surface area contributed by atoms with Crippen LogP contribution in [0, 0.1) is 6.92 Å². The summed E-state index contributed by atoms with van der Waals surface area (Å²) in [6, 6.07) is -0.360. The van der Waals surface area contributed by atoms with E-state index < -0.39 is 5.97 Å². The maximum absolute atomic E-state index is 10.7. The van der Waals surface area contributed by atoms with Gasteiger partial charge in [0, 0.05) is 11.7 Å². The fraction of sp³-hybridized carbons (Fsp3) is 0.429. The number of aryl methyl sites for hydroxylation is 1. The molecule has 5 heteroatoms. The number of rotatable bonds is 2. The Morgan fingerprint density at radius 3 is 2.67 bits per heavy atom. The number of hydrogen-bond acceptors (Lipinski definition) is 3. The van der Waals surface area contributed by atoms with Gasteiger partial charge in [-0.1, -0.05) is 0 Å². The van der Waals surface area contributed by atoms with E-state index in [0.717, 1.165) is 0 Å². The lowest BCUT2D eigenvalue weighted by atomic mass is 10.1. The molecule has 1 rings (SSSR count). The zero-order chi connectivity index (χ0) is 9.30. The molecular weight excluding hydrogens is 158 g/mol.